The van der Waals surface area contributed by atoms with Gasteiger partial charge in [0, 0.05) is 25.0 Å². The first-order valence-electron chi connectivity index (χ1n) is 7.76. The zero-order valence-corrected chi connectivity index (χ0v) is 13.1. The van der Waals surface area contributed by atoms with Crippen molar-refractivity contribution in [3.63, 3.8) is 0 Å². The summed E-state index contributed by atoms with van der Waals surface area (Å²) < 4.78 is 31.7. The summed E-state index contributed by atoms with van der Waals surface area (Å²) in [5.74, 6) is -2.52. The third-order valence-corrected chi connectivity index (χ3v) is 4.13. The SMILES string of the molecule is CC(C)(C)OC(=O)N[C@H]1CC[C@H](N2CCC(F)(F)C2)CC1. The maximum Gasteiger partial charge on any atom is 0.407 e. The molecule has 0 spiro atoms. The summed E-state index contributed by atoms with van der Waals surface area (Å²) in [6.07, 6.45) is 2.95. The Morgan fingerprint density at radius 1 is 1.24 bits per heavy atom. The highest BCUT2D eigenvalue weighted by atomic mass is 19.3. The Bertz CT molecular complexity index is 374. The van der Waals surface area contributed by atoms with Crippen LogP contribution in [0.3, 0.4) is 0 Å². The summed E-state index contributed by atoms with van der Waals surface area (Å²) in [5.41, 5.74) is -0.498. The molecule has 1 aliphatic carbocycles. The lowest BCUT2D eigenvalue weighted by atomic mass is 9.90. The zero-order valence-electron chi connectivity index (χ0n) is 13.1. The van der Waals surface area contributed by atoms with Gasteiger partial charge in [0.15, 0.2) is 0 Å². The molecule has 2 fully saturated rings. The molecule has 2 rings (SSSR count). The van der Waals surface area contributed by atoms with Crippen molar-refractivity contribution in [1.29, 1.82) is 0 Å². The van der Waals surface area contributed by atoms with Crippen molar-refractivity contribution in [3.05, 3.63) is 0 Å². The molecule has 0 radical (unpaired) electrons. The highest BCUT2D eigenvalue weighted by Gasteiger charge is 2.41. The normalized spacial score (nSPS) is 30.1. The number of hydrogen-bond donors (Lipinski definition) is 1. The van der Waals surface area contributed by atoms with E-state index in [0.717, 1.165) is 25.7 Å². The van der Waals surface area contributed by atoms with Gasteiger partial charge in [0.05, 0.1) is 6.54 Å². The molecule has 0 unspecified atom stereocenters. The first-order chi connectivity index (χ1) is 9.65. The molecule has 122 valence electrons. The molecule has 1 saturated heterocycles. The van der Waals surface area contributed by atoms with Gasteiger partial charge in [-0.1, -0.05) is 0 Å². The van der Waals surface area contributed by atoms with Gasteiger partial charge < -0.3 is 10.1 Å². The van der Waals surface area contributed by atoms with Crippen LogP contribution in [-0.4, -0.2) is 47.7 Å². The van der Waals surface area contributed by atoms with Crippen molar-refractivity contribution in [2.75, 3.05) is 13.1 Å². The molecule has 1 heterocycles. The van der Waals surface area contributed by atoms with Crippen molar-refractivity contribution in [2.45, 2.75) is 76.5 Å². The lowest BCUT2D eigenvalue weighted by Crippen LogP contribution is -2.45. The molecule has 0 atom stereocenters. The van der Waals surface area contributed by atoms with Crippen LogP contribution in [0.5, 0.6) is 0 Å². The van der Waals surface area contributed by atoms with Crippen LogP contribution >= 0.6 is 0 Å². The third-order valence-electron chi connectivity index (χ3n) is 4.13. The van der Waals surface area contributed by atoms with Crippen LogP contribution in [0.25, 0.3) is 0 Å². The first kappa shape index (κ1) is 16.5. The first-order valence-corrected chi connectivity index (χ1v) is 7.76. The van der Waals surface area contributed by atoms with Crippen LogP contribution in [0.15, 0.2) is 0 Å². The molecule has 1 saturated carbocycles. The number of ether oxygens (including phenoxy) is 1. The fraction of sp³-hybridized carbons (Fsp3) is 0.933. The zero-order chi connectivity index (χ0) is 15.7. The predicted molar refractivity (Wildman–Crippen MR) is 76.6 cm³/mol. The van der Waals surface area contributed by atoms with Crippen LogP contribution in [0.4, 0.5) is 13.6 Å². The molecule has 1 amide bonds. The molecule has 0 aromatic rings. The van der Waals surface area contributed by atoms with Crippen molar-refractivity contribution < 1.29 is 18.3 Å². The Labute approximate surface area is 125 Å². The van der Waals surface area contributed by atoms with Crippen molar-refractivity contribution in [3.8, 4) is 0 Å². The molecule has 4 nitrogen and oxygen atoms in total. The Kier molecular flexibility index (Phi) is 4.76. The average molecular weight is 304 g/mol. The molecule has 1 aliphatic heterocycles. The number of carbonyl (C=O) groups excluding carboxylic acids is 1. The van der Waals surface area contributed by atoms with E-state index in [0.29, 0.717) is 6.54 Å². The molecule has 0 bridgehead atoms. The van der Waals surface area contributed by atoms with Crippen LogP contribution < -0.4 is 5.32 Å². The van der Waals surface area contributed by atoms with Crippen LogP contribution in [0.2, 0.25) is 0 Å². The molecule has 6 heteroatoms. The maximum atomic E-state index is 13.2. The van der Waals surface area contributed by atoms with Crippen LogP contribution in [0, 0.1) is 0 Å². The van der Waals surface area contributed by atoms with Gasteiger partial charge in [-0.25, -0.2) is 13.6 Å². The van der Waals surface area contributed by atoms with Gasteiger partial charge >= 0.3 is 6.09 Å². The lowest BCUT2D eigenvalue weighted by Gasteiger charge is -2.35. The van der Waals surface area contributed by atoms with Gasteiger partial charge in [0.2, 0.25) is 0 Å². The summed E-state index contributed by atoms with van der Waals surface area (Å²) in [6.45, 7) is 5.87. The van der Waals surface area contributed by atoms with Gasteiger partial charge in [0.25, 0.3) is 5.92 Å². The minimum Gasteiger partial charge on any atom is -0.444 e. The van der Waals surface area contributed by atoms with E-state index in [1.165, 1.54) is 0 Å². The van der Waals surface area contributed by atoms with Crippen molar-refractivity contribution in [2.24, 2.45) is 0 Å². The summed E-state index contributed by atoms with van der Waals surface area (Å²) >= 11 is 0. The number of alkyl carbamates (subject to hydrolysis) is 1. The van der Waals surface area contributed by atoms with Crippen molar-refractivity contribution in [1.82, 2.24) is 10.2 Å². The number of nitrogens with one attached hydrogen (secondary N) is 1. The quantitative estimate of drug-likeness (QED) is 0.852. The average Bonchev–Trinajstić information content (AvgIpc) is 2.68. The maximum absolute atomic E-state index is 13.2. The van der Waals surface area contributed by atoms with E-state index in [4.69, 9.17) is 4.74 Å². The van der Waals surface area contributed by atoms with Gasteiger partial charge in [-0.05, 0) is 46.5 Å². The highest BCUT2D eigenvalue weighted by molar-refractivity contribution is 5.68. The van der Waals surface area contributed by atoms with Gasteiger partial charge in [0.1, 0.15) is 5.60 Å². The topological polar surface area (TPSA) is 41.6 Å². The van der Waals surface area contributed by atoms with E-state index in [1.54, 1.807) is 0 Å². The second kappa shape index (κ2) is 6.07. The minimum atomic E-state index is -2.52. The van der Waals surface area contributed by atoms with E-state index in [1.807, 2.05) is 25.7 Å². The molecule has 21 heavy (non-hydrogen) atoms. The number of amides is 1. The molecule has 2 aliphatic rings. The highest BCUT2D eigenvalue weighted by Crippen LogP contribution is 2.32. The van der Waals surface area contributed by atoms with Crippen LogP contribution in [0.1, 0.15) is 52.9 Å². The third kappa shape index (κ3) is 5.09. The number of nitrogens with zero attached hydrogens (tertiary/aromatic N) is 1. The summed E-state index contributed by atoms with van der Waals surface area (Å²) in [6, 6.07) is 0.328. The van der Waals surface area contributed by atoms with Crippen LogP contribution in [-0.2, 0) is 4.74 Å². The second-order valence-corrected chi connectivity index (χ2v) is 7.23. The Morgan fingerprint density at radius 3 is 2.33 bits per heavy atom. The number of rotatable bonds is 2. The fourth-order valence-corrected chi connectivity index (χ4v) is 3.13. The number of carbonyl (C=O) groups is 1. The van der Waals surface area contributed by atoms with Crippen molar-refractivity contribution >= 4 is 6.09 Å². The molecular weight excluding hydrogens is 278 g/mol. The number of halogens is 2. The van der Waals surface area contributed by atoms with E-state index in [9.17, 15) is 13.6 Å². The molecular formula is C15H26F2N2O2. The summed E-state index contributed by atoms with van der Waals surface area (Å²) in [4.78, 5) is 13.6. The standard InChI is InChI=1S/C15H26F2N2O2/c1-14(2,3)21-13(20)18-11-4-6-12(7-5-11)19-9-8-15(16,17)10-19/h11-12H,4-10H2,1-3H3,(H,18,20)/t11-,12-. The number of hydrogen-bond acceptors (Lipinski definition) is 3. The molecule has 0 aromatic carbocycles. The van der Waals surface area contributed by atoms with E-state index in [-0.39, 0.29) is 25.0 Å². The van der Waals surface area contributed by atoms with Gasteiger partial charge in [-0.15, -0.1) is 0 Å². The van der Waals surface area contributed by atoms with E-state index in [2.05, 4.69) is 5.32 Å². The number of likely N-dealkylation sites (tertiary alicyclic amines) is 1. The molecule has 0 aromatic heterocycles. The van der Waals surface area contributed by atoms with Gasteiger partial charge in [-0.3, -0.25) is 4.90 Å². The minimum absolute atomic E-state index is 0.0247. The Hall–Kier alpha value is -0.910. The largest absolute Gasteiger partial charge is 0.444 e. The van der Waals surface area contributed by atoms with E-state index < -0.39 is 17.6 Å². The summed E-state index contributed by atoms with van der Waals surface area (Å²) in [7, 11) is 0. The Balaban J connectivity index is 1.72. The Morgan fingerprint density at radius 2 is 1.86 bits per heavy atom. The van der Waals surface area contributed by atoms with Gasteiger partial charge in [-0.2, -0.15) is 0 Å². The number of alkyl halides is 2. The lowest BCUT2D eigenvalue weighted by molar-refractivity contribution is 0.00486. The monoisotopic (exact) mass is 304 g/mol. The fourth-order valence-electron chi connectivity index (χ4n) is 3.13. The second-order valence-electron chi connectivity index (χ2n) is 7.23. The summed E-state index contributed by atoms with van der Waals surface area (Å²) in [5, 5.41) is 2.87. The molecule has 1 N–H and O–H groups in total. The smallest absolute Gasteiger partial charge is 0.407 e. The predicted octanol–water partition coefficient (Wildman–Crippen LogP) is 3.16. The van der Waals surface area contributed by atoms with E-state index >= 15 is 0 Å².